The predicted molar refractivity (Wildman–Crippen MR) is 83.7 cm³/mol. The van der Waals surface area contributed by atoms with E-state index in [1.807, 2.05) is 6.92 Å². The topological polar surface area (TPSA) is 78.3 Å². The van der Waals surface area contributed by atoms with Gasteiger partial charge in [-0.1, -0.05) is 24.6 Å². The molecule has 22 heavy (non-hydrogen) atoms. The van der Waals surface area contributed by atoms with Crippen LogP contribution in [0.5, 0.6) is 11.5 Å². The fraction of sp³-hybridized carbons (Fsp3) is 0.188. The van der Waals surface area contributed by atoms with Crippen molar-refractivity contribution in [3.05, 3.63) is 58.4 Å². The zero-order valence-electron chi connectivity index (χ0n) is 12.0. The molecule has 4 N–H and O–H groups in total. The summed E-state index contributed by atoms with van der Waals surface area (Å²) in [6.07, 6.45) is 0.589. The van der Waals surface area contributed by atoms with E-state index in [0.717, 1.165) is 0 Å². The molecule has 0 aliphatic heterocycles. The molecule has 0 unspecified atom stereocenters. The molecule has 0 saturated heterocycles. The van der Waals surface area contributed by atoms with Crippen molar-refractivity contribution in [1.82, 2.24) is 0 Å². The van der Waals surface area contributed by atoms with Crippen LogP contribution in [0.2, 0.25) is 5.02 Å². The van der Waals surface area contributed by atoms with Gasteiger partial charge in [-0.15, -0.1) is 0 Å². The van der Waals surface area contributed by atoms with Crippen molar-refractivity contribution in [1.29, 1.82) is 0 Å². The van der Waals surface area contributed by atoms with Crippen molar-refractivity contribution in [2.45, 2.75) is 19.4 Å². The zero-order chi connectivity index (χ0) is 16.3. The third-order valence-electron chi connectivity index (χ3n) is 3.28. The normalized spacial score (nSPS) is 12.0. The lowest BCUT2D eigenvalue weighted by Gasteiger charge is -2.15. The number of hydrogen-bond donors (Lipinski definition) is 2. The van der Waals surface area contributed by atoms with E-state index < -0.39 is 17.8 Å². The molecular weight excluding hydrogens is 307 g/mol. The molecule has 0 aliphatic carbocycles. The Hall–Kier alpha value is -2.11. The van der Waals surface area contributed by atoms with Crippen LogP contribution in [0.25, 0.3) is 0 Å². The Balaban J connectivity index is 2.34. The van der Waals surface area contributed by atoms with Gasteiger partial charge in [0.1, 0.15) is 5.75 Å². The van der Waals surface area contributed by atoms with Gasteiger partial charge in [0.15, 0.2) is 11.6 Å². The lowest BCUT2D eigenvalue weighted by Crippen LogP contribution is -2.11. The molecule has 0 radical (unpaired) electrons. The molecule has 0 aromatic heterocycles. The van der Waals surface area contributed by atoms with Crippen LogP contribution in [0, 0.1) is 5.82 Å². The number of carbonyl (C=O) groups is 1. The van der Waals surface area contributed by atoms with Gasteiger partial charge in [-0.2, -0.15) is 0 Å². The molecule has 6 heteroatoms. The summed E-state index contributed by atoms with van der Waals surface area (Å²) in [6.45, 7) is 1.86. The lowest BCUT2D eigenvalue weighted by molar-refractivity contribution is 0.100. The molecule has 1 amide bonds. The minimum Gasteiger partial charge on any atom is -0.453 e. The first-order valence-corrected chi connectivity index (χ1v) is 7.13. The summed E-state index contributed by atoms with van der Waals surface area (Å²) >= 11 is 6.00. The summed E-state index contributed by atoms with van der Waals surface area (Å²) < 4.78 is 20.0. The third-order valence-corrected chi connectivity index (χ3v) is 3.57. The first kappa shape index (κ1) is 16.3. The van der Waals surface area contributed by atoms with Crippen LogP contribution in [0.3, 0.4) is 0 Å². The first-order valence-electron chi connectivity index (χ1n) is 6.75. The predicted octanol–water partition coefficient (Wildman–Crippen LogP) is 3.78. The van der Waals surface area contributed by atoms with Gasteiger partial charge < -0.3 is 16.2 Å². The van der Waals surface area contributed by atoms with Gasteiger partial charge in [0, 0.05) is 17.2 Å². The van der Waals surface area contributed by atoms with E-state index in [1.54, 1.807) is 12.1 Å². The number of hydrogen-bond acceptors (Lipinski definition) is 3. The van der Waals surface area contributed by atoms with Gasteiger partial charge in [0.05, 0.1) is 5.02 Å². The average Bonchev–Trinajstić information content (AvgIpc) is 2.51. The maximum atomic E-state index is 14.5. The number of carbonyl (C=O) groups excluding carboxylic acids is 1. The van der Waals surface area contributed by atoms with E-state index in [4.69, 9.17) is 27.8 Å². The van der Waals surface area contributed by atoms with E-state index in [-0.39, 0.29) is 10.8 Å². The van der Waals surface area contributed by atoms with E-state index in [2.05, 4.69) is 0 Å². The Morgan fingerprint density at radius 3 is 2.45 bits per heavy atom. The van der Waals surface area contributed by atoms with Crippen LogP contribution in [-0.2, 0) is 0 Å². The Morgan fingerprint density at radius 1 is 1.27 bits per heavy atom. The van der Waals surface area contributed by atoms with Crippen LogP contribution in [0.4, 0.5) is 4.39 Å². The van der Waals surface area contributed by atoms with Crippen molar-refractivity contribution in [2.75, 3.05) is 0 Å². The van der Waals surface area contributed by atoms with E-state index >= 15 is 0 Å². The maximum absolute atomic E-state index is 14.5. The quantitative estimate of drug-likeness (QED) is 0.879. The van der Waals surface area contributed by atoms with Crippen LogP contribution in [0.15, 0.2) is 36.4 Å². The Morgan fingerprint density at radius 2 is 1.91 bits per heavy atom. The molecule has 0 aliphatic rings. The molecule has 1 atom stereocenters. The highest BCUT2D eigenvalue weighted by Gasteiger charge is 2.18. The van der Waals surface area contributed by atoms with Crippen molar-refractivity contribution in [3.63, 3.8) is 0 Å². The lowest BCUT2D eigenvalue weighted by atomic mass is 10.0. The molecule has 0 spiro atoms. The number of amides is 1. The molecule has 0 heterocycles. The molecule has 2 aromatic rings. The Labute approximate surface area is 132 Å². The average molecular weight is 323 g/mol. The Kier molecular flexibility index (Phi) is 5.00. The minimum absolute atomic E-state index is 0.0881. The van der Waals surface area contributed by atoms with Crippen molar-refractivity contribution in [2.24, 2.45) is 11.5 Å². The minimum atomic E-state index is -0.583. The highest BCUT2D eigenvalue weighted by molar-refractivity contribution is 6.32. The fourth-order valence-corrected chi connectivity index (χ4v) is 2.14. The summed E-state index contributed by atoms with van der Waals surface area (Å²) in [5.41, 5.74) is 11.7. The zero-order valence-corrected chi connectivity index (χ0v) is 12.7. The van der Waals surface area contributed by atoms with Crippen LogP contribution < -0.4 is 16.2 Å². The SMILES string of the molecule is CC[C@@H](N)c1ccc(Cl)c(Oc2ccc(C(N)=O)cc2)c1F. The van der Waals surface area contributed by atoms with Crippen LogP contribution in [0.1, 0.15) is 35.3 Å². The summed E-state index contributed by atoms with van der Waals surface area (Å²) in [6, 6.07) is 8.68. The standard InChI is InChI=1S/C16H16ClFN2O2/c1-2-13(19)11-7-8-12(17)15(14(11)18)22-10-5-3-9(4-6-10)16(20)21/h3-8,13H,2,19H2,1H3,(H2,20,21)/t13-/m1/s1. The van der Waals surface area contributed by atoms with Crippen molar-refractivity contribution in [3.8, 4) is 11.5 Å². The monoisotopic (exact) mass is 322 g/mol. The molecule has 116 valence electrons. The van der Waals surface area contributed by atoms with Gasteiger partial charge in [0.25, 0.3) is 0 Å². The molecule has 0 bridgehead atoms. The van der Waals surface area contributed by atoms with Gasteiger partial charge in [-0.05, 0) is 36.8 Å². The molecule has 0 saturated carbocycles. The summed E-state index contributed by atoms with van der Waals surface area (Å²) in [7, 11) is 0. The molecule has 2 aromatic carbocycles. The Bertz CT molecular complexity index is 689. The number of benzene rings is 2. The number of nitrogens with two attached hydrogens (primary N) is 2. The fourth-order valence-electron chi connectivity index (χ4n) is 1.95. The van der Waals surface area contributed by atoms with Crippen LogP contribution >= 0.6 is 11.6 Å². The number of primary amides is 1. The van der Waals surface area contributed by atoms with E-state index in [9.17, 15) is 9.18 Å². The molecular formula is C16H16ClFN2O2. The second kappa shape index (κ2) is 6.77. The summed E-state index contributed by atoms with van der Waals surface area (Å²) in [5, 5.41) is 0.142. The third kappa shape index (κ3) is 3.37. The largest absolute Gasteiger partial charge is 0.453 e. The van der Waals surface area contributed by atoms with Gasteiger partial charge >= 0.3 is 0 Å². The van der Waals surface area contributed by atoms with Crippen molar-refractivity contribution < 1.29 is 13.9 Å². The number of ether oxygens (including phenoxy) is 1. The number of rotatable bonds is 5. The highest BCUT2D eigenvalue weighted by Crippen LogP contribution is 2.35. The van der Waals surface area contributed by atoms with E-state index in [0.29, 0.717) is 23.3 Å². The molecule has 2 rings (SSSR count). The van der Waals surface area contributed by atoms with E-state index in [1.165, 1.54) is 24.3 Å². The smallest absolute Gasteiger partial charge is 0.248 e. The van der Waals surface area contributed by atoms with Gasteiger partial charge in [-0.3, -0.25) is 4.79 Å². The molecule has 0 fully saturated rings. The summed E-state index contributed by atoms with van der Waals surface area (Å²) in [4.78, 5) is 11.0. The van der Waals surface area contributed by atoms with Crippen molar-refractivity contribution >= 4 is 17.5 Å². The number of halogens is 2. The maximum Gasteiger partial charge on any atom is 0.248 e. The highest BCUT2D eigenvalue weighted by atomic mass is 35.5. The molecule has 4 nitrogen and oxygen atoms in total. The second-order valence-corrected chi connectivity index (χ2v) is 5.19. The van der Waals surface area contributed by atoms with Gasteiger partial charge in [0.2, 0.25) is 5.91 Å². The summed E-state index contributed by atoms with van der Waals surface area (Å²) in [5.74, 6) is -0.879. The van der Waals surface area contributed by atoms with Crippen LogP contribution in [-0.4, -0.2) is 5.91 Å². The van der Waals surface area contributed by atoms with Gasteiger partial charge in [-0.25, -0.2) is 4.39 Å². The first-order chi connectivity index (χ1) is 10.4. The second-order valence-electron chi connectivity index (χ2n) is 4.79.